The van der Waals surface area contributed by atoms with Gasteiger partial charge in [0.2, 0.25) is 11.6 Å². The molecule has 0 radical (unpaired) electrons. The number of nitrogens with two attached hydrogens (primary N) is 1. The van der Waals surface area contributed by atoms with Gasteiger partial charge in [0.25, 0.3) is 5.91 Å². The van der Waals surface area contributed by atoms with Gasteiger partial charge in [0, 0.05) is 32.6 Å². The van der Waals surface area contributed by atoms with Gasteiger partial charge >= 0.3 is 0 Å². The Morgan fingerprint density at radius 3 is 2.70 bits per heavy atom. The number of hydrogen-bond acceptors (Lipinski definition) is 12. The summed E-state index contributed by atoms with van der Waals surface area (Å²) in [6.45, 7) is 0. The average molecular weight is 469 g/mol. The molecule has 1 aromatic carbocycles. The molecule has 4 rings (SSSR count). The van der Waals surface area contributed by atoms with Crippen LogP contribution in [0.3, 0.4) is 0 Å². The molecule has 3 N–H and O–H groups in total. The SMILES string of the molecule is CN(C)c1ccc(/C=N/NC(=O)c2nnn(-c3nonc3N)c2CSc2nncn2C)cc1. The second-order valence-electron chi connectivity index (χ2n) is 6.97. The van der Waals surface area contributed by atoms with Gasteiger partial charge in [0.1, 0.15) is 6.33 Å². The van der Waals surface area contributed by atoms with Crippen LogP contribution in [0.4, 0.5) is 11.5 Å². The summed E-state index contributed by atoms with van der Waals surface area (Å²) in [5.74, 6) is -0.147. The van der Waals surface area contributed by atoms with Gasteiger partial charge in [0.05, 0.1) is 11.9 Å². The molecular formula is C18H20N12O2S. The number of amides is 1. The van der Waals surface area contributed by atoms with Crippen molar-refractivity contribution >= 4 is 35.4 Å². The number of aryl methyl sites for hydroxylation is 1. The molecule has 3 heterocycles. The molecule has 0 fully saturated rings. The molecule has 0 saturated carbocycles. The van der Waals surface area contributed by atoms with E-state index < -0.39 is 5.91 Å². The number of nitrogen functional groups attached to an aromatic ring is 1. The van der Waals surface area contributed by atoms with Crippen LogP contribution in [0.15, 0.2) is 45.5 Å². The highest BCUT2D eigenvalue weighted by Crippen LogP contribution is 2.24. The summed E-state index contributed by atoms with van der Waals surface area (Å²) in [5, 5.41) is 27.8. The van der Waals surface area contributed by atoms with Crippen molar-refractivity contribution < 1.29 is 9.42 Å². The standard InChI is InChI=1S/C18H20N12O2S/c1-28(2)12-6-4-11(5-7-12)8-20-23-17(31)14-13(9-33-18-24-21-10-29(18)3)30(27-22-14)16-15(19)25-32-26-16/h4-8,10H,9H2,1-3H3,(H2,19,25)(H,23,31)/b20-8+. The first kappa shape index (κ1) is 21.9. The largest absolute Gasteiger partial charge is 0.378 e. The predicted molar refractivity (Wildman–Crippen MR) is 120 cm³/mol. The Kier molecular flexibility index (Phi) is 6.30. The average Bonchev–Trinajstić information content (AvgIpc) is 3.52. The van der Waals surface area contributed by atoms with Crippen molar-refractivity contribution in [1.29, 1.82) is 0 Å². The fourth-order valence-corrected chi connectivity index (χ4v) is 3.61. The van der Waals surface area contributed by atoms with Crippen molar-refractivity contribution in [2.24, 2.45) is 12.1 Å². The first-order chi connectivity index (χ1) is 15.9. The molecule has 0 aliphatic rings. The number of benzene rings is 1. The highest BCUT2D eigenvalue weighted by molar-refractivity contribution is 7.98. The quantitative estimate of drug-likeness (QED) is 0.209. The second kappa shape index (κ2) is 9.47. The van der Waals surface area contributed by atoms with Crippen molar-refractivity contribution in [2.45, 2.75) is 10.9 Å². The predicted octanol–water partition coefficient (Wildman–Crippen LogP) is 0.483. The molecule has 0 aliphatic heterocycles. The van der Waals surface area contributed by atoms with Crippen LogP contribution in [-0.2, 0) is 12.8 Å². The minimum Gasteiger partial charge on any atom is -0.378 e. The van der Waals surface area contributed by atoms with Gasteiger partial charge < -0.3 is 15.2 Å². The fourth-order valence-electron chi connectivity index (χ4n) is 2.73. The van der Waals surface area contributed by atoms with E-state index in [0.717, 1.165) is 11.3 Å². The van der Waals surface area contributed by atoms with E-state index in [1.807, 2.05) is 50.3 Å². The number of anilines is 2. The number of nitrogens with one attached hydrogen (secondary N) is 1. The molecule has 4 aromatic rings. The Balaban J connectivity index is 1.54. The van der Waals surface area contributed by atoms with Crippen LogP contribution in [0.2, 0.25) is 0 Å². The van der Waals surface area contributed by atoms with Gasteiger partial charge in [-0.15, -0.1) is 15.3 Å². The van der Waals surface area contributed by atoms with Crippen molar-refractivity contribution in [1.82, 2.24) is 45.5 Å². The number of carbonyl (C=O) groups excluding carboxylic acids is 1. The lowest BCUT2D eigenvalue weighted by Crippen LogP contribution is -2.20. The van der Waals surface area contributed by atoms with Crippen LogP contribution in [0, 0.1) is 0 Å². The van der Waals surface area contributed by atoms with Gasteiger partial charge in [-0.3, -0.25) is 4.79 Å². The van der Waals surface area contributed by atoms with Gasteiger partial charge in [-0.2, -0.15) is 9.78 Å². The van der Waals surface area contributed by atoms with Crippen LogP contribution in [-0.4, -0.2) is 66.3 Å². The molecule has 0 atom stereocenters. The third-order valence-electron chi connectivity index (χ3n) is 4.47. The highest BCUT2D eigenvalue weighted by Gasteiger charge is 2.24. The van der Waals surface area contributed by atoms with Crippen LogP contribution in [0.5, 0.6) is 0 Å². The summed E-state index contributed by atoms with van der Waals surface area (Å²) in [7, 11) is 5.73. The van der Waals surface area contributed by atoms with Crippen molar-refractivity contribution in [2.75, 3.05) is 24.7 Å². The Morgan fingerprint density at radius 1 is 1.27 bits per heavy atom. The zero-order valence-corrected chi connectivity index (χ0v) is 18.8. The van der Waals surface area contributed by atoms with E-state index in [2.05, 4.69) is 46.0 Å². The normalized spacial score (nSPS) is 11.2. The van der Waals surface area contributed by atoms with E-state index in [1.165, 1.54) is 22.7 Å². The van der Waals surface area contributed by atoms with Crippen molar-refractivity contribution in [3.63, 3.8) is 0 Å². The molecule has 0 spiro atoms. The topological polar surface area (TPSA) is 171 Å². The fraction of sp³-hybridized carbons (Fsp3) is 0.222. The van der Waals surface area contributed by atoms with E-state index in [9.17, 15) is 4.79 Å². The zero-order chi connectivity index (χ0) is 23.4. The summed E-state index contributed by atoms with van der Waals surface area (Å²) in [6, 6.07) is 7.69. The third-order valence-corrected chi connectivity index (χ3v) is 5.52. The van der Waals surface area contributed by atoms with E-state index in [1.54, 1.807) is 10.9 Å². The monoisotopic (exact) mass is 468 g/mol. The third kappa shape index (κ3) is 4.82. The molecule has 0 unspecified atom stereocenters. The maximum atomic E-state index is 12.8. The Bertz CT molecular complexity index is 1270. The van der Waals surface area contributed by atoms with Crippen LogP contribution >= 0.6 is 11.8 Å². The number of nitrogens with zero attached hydrogens (tertiary/aromatic N) is 10. The molecule has 0 saturated heterocycles. The van der Waals surface area contributed by atoms with Crippen LogP contribution in [0.25, 0.3) is 5.82 Å². The van der Waals surface area contributed by atoms with Gasteiger partial charge in [-0.05, 0) is 28.0 Å². The molecule has 33 heavy (non-hydrogen) atoms. The van der Waals surface area contributed by atoms with Crippen LogP contribution in [0.1, 0.15) is 21.7 Å². The number of aromatic nitrogens is 8. The number of carbonyl (C=O) groups is 1. The molecular weight excluding hydrogens is 448 g/mol. The highest BCUT2D eigenvalue weighted by atomic mass is 32.2. The summed E-state index contributed by atoms with van der Waals surface area (Å²) in [6.07, 6.45) is 3.11. The number of hydrogen-bond donors (Lipinski definition) is 2. The summed E-state index contributed by atoms with van der Waals surface area (Å²) in [5.41, 5.74) is 10.6. The van der Waals surface area contributed by atoms with Gasteiger partial charge in [-0.25, -0.2) is 10.1 Å². The summed E-state index contributed by atoms with van der Waals surface area (Å²) >= 11 is 1.33. The molecule has 0 aliphatic carbocycles. The maximum Gasteiger partial charge on any atom is 0.293 e. The number of rotatable bonds is 8. The minimum atomic E-state index is -0.550. The number of hydrazone groups is 1. The Morgan fingerprint density at radius 2 is 2.06 bits per heavy atom. The van der Waals surface area contributed by atoms with Crippen molar-refractivity contribution in [3.05, 3.63) is 47.5 Å². The Labute approximate surface area is 191 Å². The van der Waals surface area contributed by atoms with E-state index >= 15 is 0 Å². The van der Waals surface area contributed by atoms with Crippen molar-refractivity contribution in [3.8, 4) is 5.82 Å². The van der Waals surface area contributed by atoms with E-state index in [0.29, 0.717) is 10.9 Å². The minimum absolute atomic E-state index is 0.0101. The smallest absolute Gasteiger partial charge is 0.293 e. The first-order valence-electron chi connectivity index (χ1n) is 9.54. The maximum absolute atomic E-state index is 12.8. The number of thioether (sulfide) groups is 1. The summed E-state index contributed by atoms with van der Waals surface area (Å²) in [4.78, 5) is 14.8. The lowest BCUT2D eigenvalue weighted by molar-refractivity contribution is 0.0949. The molecule has 14 nitrogen and oxygen atoms in total. The second-order valence-corrected chi connectivity index (χ2v) is 7.91. The van der Waals surface area contributed by atoms with Gasteiger partial charge in [-0.1, -0.05) is 29.1 Å². The Hall–Kier alpha value is -4.27. The summed E-state index contributed by atoms with van der Waals surface area (Å²) < 4.78 is 7.70. The zero-order valence-electron chi connectivity index (χ0n) is 17.9. The van der Waals surface area contributed by atoms with E-state index in [-0.39, 0.29) is 23.1 Å². The van der Waals surface area contributed by atoms with E-state index in [4.69, 9.17) is 5.73 Å². The van der Waals surface area contributed by atoms with Gasteiger partial charge in [0.15, 0.2) is 10.9 Å². The lowest BCUT2D eigenvalue weighted by Gasteiger charge is -2.11. The molecule has 15 heteroatoms. The first-order valence-corrected chi connectivity index (χ1v) is 10.5. The molecule has 0 bridgehead atoms. The molecule has 170 valence electrons. The molecule has 1 amide bonds. The lowest BCUT2D eigenvalue weighted by atomic mass is 10.2. The molecule has 3 aromatic heterocycles. The van der Waals surface area contributed by atoms with Crippen LogP contribution < -0.4 is 16.1 Å².